The number of carbonyl (C=O) groups is 3. The smallest absolute Gasteiger partial charge is 0.246 e. The highest BCUT2D eigenvalue weighted by Crippen LogP contribution is 2.35. The van der Waals surface area contributed by atoms with Gasteiger partial charge < -0.3 is 29.9 Å². The molecule has 2 aromatic rings. The Kier molecular flexibility index (Phi) is 10.6. The molecule has 2 aromatic carbocycles. The summed E-state index contributed by atoms with van der Waals surface area (Å²) in [6.45, 7) is 5.13. The standard InChI is InChI=1S/C31H40N4O5/c1-23(36)34-17-3-4-18-35-20-5-15-32-27(22-30(37)33-16-6-19-34)25-10-13-28(39-2)29(21-25)40-26-11-7-24(8-12-26)9-14-31(35)38/h7-14,21,27,32H,3-6,15-20,22H2,1-2H3,(H,33,37)/t27-/m0/s1. The molecule has 0 aromatic heterocycles. The zero-order chi connectivity index (χ0) is 28.3. The first-order valence-electron chi connectivity index (χ1n) is 14.1. The van der Waals surface area contributed by atoms with Crippen molar-refractivity contribution in [3.8, 4) is 17.2 Å². The molecule has 0 radical (unpaired) electrons. The maximum atomic E-state index is 13.2. The lowest BCUT2D eigenvalue weighted by Gasteiger charge is -2.24. The third-order valence-electron chi connectivity index (χ3n) is 7.29. The maximum Gasteiger partial charge on any atom is 0.246 e. The van der Waals surface area contributed by atoms with Gasteiger partial charge in [-0.05, 0) is 73.7 Å². The normalized spacial score (nSPS) is 19.7. The summed E-state index contributed by atoms with van der Waals surface area (Å²) in [4.78, 5) is 42.0. The number of carbonyl (C=O) groups excluding carboxylic acids is 3. The zero-order valence-electron chi connectivity index (χ0n) is 23.5. The van der Waals surface area contributed by atoms with Gasteiger partial charge in [0.15, 0.2) is 11.5 Å². The van der Waals surface area contributed by atoms with Crippen molar-refractivity contribution >= 4 is 23.8 Å². The quantitative estimate of drug-likeness (QED) is 0.561. The van der Waals surface area contributed by atoms with E-state index in [1.165, 1.54) is 0 Å². The van der Waals surface area contributed by atoms with Gasteiger partial charge in [0.25, 0.3) is 0 Å². The van der Waals surface area contributed by atoms with Crippen molar-refractivity contribution in [2.24, 2.45) is 0 Å². The number of fused-ring (bicyclic) bond motifs is 3. The Morgan fingerprint density at radius 3 is 2.42 bits per heavy atom. The fourth-order valence-electron chi connectivity index (χ4n) is 5.01. The van der Waals surface area contributed by atoms with Crippen LogP contribution in [-0.4, -0.2) is 73.9 Å². The van der Waals surface area contributed by atoms with Gasteiger partial charge in [0.1, 0.15) is 5.75 Å². The monoisotopic (exact) mass is 548 g/mol. The van der Waals surface area contributed by atoms with E-state index in [0.29, 0.717) is 62.9 Å². The van der Waals surface area contributed by atoms with Gasteiger partial charge >= 0.3 is 0 Å². The predicted molar refractivity (Wildman–Crippen MR) is 154 cm³/mol. The summed E-state index contributed by atoms with van der Waals surface area (Å²) in [6, 6.07) is 13.0. The molecule has 2 N–H and O–H groups in total. The first kappa shape index (κ1) is 29.1. The Morgan fingerprint density at radius 2 is 1.65 bits per heavy atom. The summed E-state index contributed by atoms with van der Waals surface area (Å²) >= 11 is 0. The van der Waals surface area contributed by atoms with E-state index in [9.17, 15) is 14.4 Å². The molecule has 3 aliphatic rings. The van der Waals surface area contributed by atoms with Crippen molar-refractivity contribution in [1.29, 1.82) is 0 Å². The van der Waals surface area contributed by atoms with Gasteiger partial charge in [-0.2, -0.15) is 0 Å². The third-order valence-corrected chi connectivity index (χ3v) is 7.29. The highest BCUT2D eigenvalue weighted by molar-refractivity contribution is 5.91. The van der Waals surface area contributed by atoms with Crippen LogP contribution in [-0.2, 0) is 14.4 Å². The van der Waals surface area contributed by atoms with Crippen molar-refractivity contribution in [2.75, 3.05) is 46.4 Å². The number of hydrogen-bond donors (Lipinski definition) is 2. The van der Waals surface area contributed by atoms with Crippen molar-refractivity contribution in [1.82, 2.24) is 20.4 Å². The van der Waals surface area contributed by atoms with Gasteiger partial charge in [0.2, 0.25) is 17.7 Å². The Labute approximate surface area is 236 Å². The maximum absolute atomic E-state index is 13.2. The molecule has 1 fully saturated rings. The number of benzene rings is 2. The van der Waals surface area contributed by atoms with E-state index in [4.69, 9.17) is 9.47 Å². The van der Waals surface area contributed by atoms with Crippen molar-refractivity contribution in [3.63, 3.8) is 0 Å². The van der Waals surface area contributed by atoms with Gasteiger partial charge in [0.05, 0.1) is 7.11 Å². The molecule has 40 heavy (non-hydrogen) atoms. The molecule has 0 unspecified atom stereocenters. The van der Waals surface area contributed by atoms with Gasteiger partial charge in [-0.3, -0.25) is 14.4 Å². The molecule has 1 saturated heterocycles. The van der Waals surface area contributed by atoms with Crippen molar-refractivity contribution < 1.29 is 23.9 Å². The number of nitrogens with zero attached hydrogens (tertiary/aromatic N) is 2. The average Bonchev–Trinajstić information content (AvgIpc) is 2.95. The van der Waals surface area contributed by atoms with Crippen molar-refractivity contribution in [2.45, 2.75) is 45.1 Å². The molecule has 3 heterocycles. The lowest BCUT2D eigenvalue weighted by molar-refractivity contribution is -0.129. The molecular weight excluding hydrogens is 508 g/mol. The van der Waals surface area contributed by atoms with E-state index in [1.807, 2.05) is 58.3 Å². The van der Waals surface area contributed by atoms with E-state index in [1.54, 1.807) is 20.1 Å². The third kappa shape index (κ3) is 8.32. The minimum absolute atomic E-state index is 0.0226. The second-order valence-corrected chi connectivity index (χ2v) is 10.2. The van der Waals surface area contributed by atoms with Crippen LogP contribution in [0, 0.1) is 0 Å². The summed E-state index contributed by atoms with van der Waals surface area (Å²) in [5.74, 6) is 1.70. The van der Waals surface area contributed by atoms with Crippen molar-refractivity contribution in [3.05, 3.63) is 59.7 Å². The first-order valence-corrected chi connectivity index (χ1v) is 14.1. The average molecular weight is 549 g/mol. The summed E-state index contributed by atoms with van der Waals surface area (Å²) in [6.07, 6.45) is 6.69. The zero-order valence-corrected chi connectivity index (χ0v) is 23.5. The molecule has 0 aliphatic carbocycles. The number of nitrogens with one attached hydrogen (secondary N) is 2. The lowest BCUT2D eigenvalue weighted by atomic mass is 10.0. The highest BCUT2D eigenvalue weighted by Gasteiger charge is 2.20. The summed E-state index contributed by atoms with van der Waals surface area (Å²) in [7, 11) is 1.60. The molecule has 9 heteroatoms. The predicted octanol–water partition coefficient (Wildman–Crippen LogP) is 3.90. The molecule has 3 aliphatic heterocycles. The van der Waals surface area contributed by atoms with E-state index < -0.39 is 0 Å². The van der Waals surface area contributed by atoms with E-state index >= 15 is 0 Å². The van der Waals surface area contributed by atoms with Crippen LogP contribution in [0.15, 0.2) is 48.5 Å². The molecule has 9 nitrogen and oxygen atoms in total. The Morgan fingerprint density at radius 1 is 0.925 bits per heavy atom. The summed E-state index contributed by atoms with van der Waals surface area (Å²) in [5.41, 5.74) is 1.80. The SMILES string of the molecule is COc1ccc2cc1Oc1ccc(cc1)C=CC(=O)N1CCCCN(C(C)=O)CCCNC(=O)C[C@@H]2NCCC1. The second kappa shape index (κ2) is 14.5. The molecule has 0 saturated carbocycles. The second-order valence-electron chi connectivity index (χ2n) is 10.2. The fraction of sp³-hybridized carbons (Fsp3) is 0.452. The van der Waals surface area contributed by atoms with Gasteiger partial charge in [-0.25, -0.2) is 0 Å². The minimum Gasteiger partial charge on any atom is -0.493 e. The van der Waals surface area contributed by atoms with Crippen LogP contribution in [0.1, 0.15) is 56.2 Å². The van der Waals surface area contributed by atoms with Gasteiger partial charge in [0, 0.05) is 58.2 Å². The number of amides is 3. The van der Waals surface area contributed by atoms with Crippen LogP contribution in [0.3, 0.4) is 0 Å². The number of rotatable bonds is 1. The lowest BCUT2D eigenvalue weighted by Crippen LogP contribution is -2.35. The van der Waals surface area contributed by atoms with Gasteiger partial charge in [-0.1, -0.05) is 18.2 Å². The Bertz CT molecular complexity index is 1200. The summed E-state index contributed by atoms with van der Waals surface area (Å²) < 4.78 is 11.7. The number of methoxy groups -OCH3 is 1. The first-order chi connectivity index (χ1) is 19.4. The van der Waals surface area contributed by atoms with E-state index in [-0.39, 0.29) is 30.2 Å². The van der Waals surface area contributed by atoms with E-state index in [2.05, 4.69) is 10.6 Å². The van der Waals surface area contributed by atoms with Crippen LogP contribution < -0.4 is 20.1 Å². The summed E-state index contributed by atoms with van der Waals surface area (Å²) in [5, 5.41) is 6.55. The molecular formula is C31H40N4O5. The van der Waals surface area contributed by atoms with Crippen LogP contribution in [0.5, 0.6) is 17.2 Å². The van der Waals surface area contributed by atoms with Crippen LogP contribution in [0.4, 0.5) is 0 Å². The number of ether oxygens (including phenoxy) is 2. The minimum atomic E-state index is -0.264. The number of hydrogen-bond acceptors (Lipinski definition) is 6. The molecule has 0 spiro atoms. The highest BCUT2D eigenvalue weighted by atomic mass is 16.5. The topological polar surface area (TPSA) is 100 Å². The van der Waals surface area contributed by atoms with Crippen LogP contribution in [0.25, 0.3) is 6.08 Å². The largest absolute Gasteiger partial charge is 0.493 e. The molecule has 3 amide bonds. The fourth-order valence-corrected chi connectivity index (χ4v) is 5.01. The Hall–Kier alpha value is -3.85. The van der Waals surface area contributed by atoms with Gasteiger partial charge in [-0.15, -0.1) is 0 Å². The molecule has 5 rings (SSSR count). The molecule has 214 valence electrons. The Balaban J connectivity index is 1.67. The van der Waals surface area contributed by atoms with Crippen LogP contribution in [0.2, 0.25) is 0 Å². The van der Waals surface area contributed by atoms with E-state index in [0.717, 1.165) is 30.4 Å². The molecule has 1 atom stereocenters. The van der Waals surface area contributed by atoms with Crippen LogP contribution >= 0.6 is 0 Å². The molecule has 6 bridgehead atoms.